The SMILES string of the molecule is COCc1nn2c(=O)cc(CCc3c(C)n[nH]c3C)[nH]c2c1-c1ccc(C)cc1. The van der Waals surface area contributed by atoms with Crippen LogP contribution in [-0.4, -0.2) is 31.9 Å². The van der Waals surface area contributed by atoms with Crippen molar-refractivity contribution < 1.29 is 4.74 Å². The van der Waals surface area contributed by atoms with Gasteiger partial charge in [0.1, 0.15) is 5.65 Å². The van der Waals surface area contributed by atoms with E-state index >= 15 is 0 Å². The number of ether oxygens (including phenoxy) is 1. The van der Waals surface area contributed by atoms with E-state index in [1.165, 1.54) is 15.6 Å². The van der Waals surface area contributed by atoms with Gasteiger partial charge in [0.05, 0.1) is 23.6 Å². The molecule has 0 spiro atoms. The molecule has 1 aromatic carbocycles. The number of hydrogen-bond donors (Lipinski definition) is 2. The molecule has 4 rings (SSSR count). The van der Waals surface area contributed by atoms with Gasteiger partial charge in [-0.2, -0.15) is 14.7 Å². The Kier molecular flexibility index (Phi) is 5.07. The lowest BCUT2D eigenvalue weighted by Crippen LogP contribution is -2.16. The third kappa shape index (κ3) is 3.61. The summed E-state index contributed by atoms with van der Waals surface area (Å²) >= 11 is 0. The number of methoxy groups -OCH3 is 1. The monoisotopic (exact) mass is 391 g/mol. The summed E-state index contributed by atoms with van der Waals surface area (Å²) in [7, 11) is 1.63. The molecule has 0 saturated carbocycles. The van der Waals surface area contributed by atoms with Crippen LogP contribution in [0, 0.1) is 20.8 Å². The molecule has 7 nitrogen and oxygen atoms in total. The molecule has 0 fully saturated rings. The maximum absolute atomic E-state index is 12.8. The van der Waals surface area contributed by atoms with Gasteiger partial charge in [0, 0.05) is 24.6 Å². The number of fused-ring (bicyclic) bond motifs is 1. The van der Waals surface area contributed by atoms with Gasteiger partial charge in [0.25, 0.3) is 5.56 Å². The highest BCUT2D eigenvalue weighted by atomic mass is 16.5. The molecule has 0 aliphatic heterocycles. The minimum Gasteiger partial charge on any atom is -0.378 e. The maximum atomic E-state index is 12.8. The number of aromatic amines is 2. The second kappa shape index (κ2) is 7.67. The van der Waals surface area contributed by atoms with Crippen molar-refractivity contribution in [1.82, 2.24) is 24.8 Å². The van der Waals surface area contributed by atoms with Crippen LogP contribution in [0.1, 0.15) is 33.9 Å². The number of aromatic nitrogens is 5. The topological polar surface area (TPSA) is 88.1 Å². The smallest absolute Gasteiger partial charge is 0.274 e. The van der Waals surface area contributed by atoms with E-state index in [0.29, 0.717) is 18.7 Å². The molecule has 0 aliphatic rings. The number of rotatable bonds is 6. The molecule has 2 N–H and O–H groups in total. The second-order valence-corrected chi connectivity index (χ2v) is 7.43. The Morgan fingerprint density at radius 3 is 2.52 bits per heavy atom. The maximum Gasteiger partial charge on any atom is 0.274 e. The first-order chi connectivity index (χ1) is 14.0. The van der Waals surface area contributed by atoms with Gasteiger partial charge in [0.2, 0.25) is 0 Å². The van der Waals surface area contributed by atoms with E-state index in [-0.39, 0.29) is 5.56 Å². The van der Waals surface area contributed by atoms with Crippen LogP contribution in [0.15, 0.2) is 35.1 Å². The highest BCUT2D eigenvalue weighted by Crippen LogP contribution is 2.28. The largest absolute Gasteiger partial charge is 0.378 e. The number of H-pyrrole nitrogens is 2. The summed E-state index contributed by atoms with van der Waals surface area (Å²) in [5.41, 5.74) is 8.51. The lowest BCUT2D eigenvalue weighted by molar-refractivity contribution is 0.181. The van der Waals surface area contributed by atoms with E-state index in [1.54, 1.807) is 13.2 Å². The van der Waals surface area contributed by atoms with Gasteiger partial charge in [-0.3, -0.25) is 9.89 Å². The molecule has 0 unspecified atom stereocenters. The van der Waals surface area contributed by atoms with Crippen molar-refractivity contribution in [2.45, 2.75) is 40.2 Å². The molecule has 0 saturated heterocycles. The fraction of sp³-hybridized carbons (Fsp3) is 0.318. The Bertz CT molecular complexity index is 1200. The zero-order valence-electron chi connectivity index (χ0n) is 17.2. The van der Waals surface area contributed by atoms with Crippen LogP contribution < -0.4 is 5.56 Å². The van der Waals surface area contributed by atoms with E-state index in [4.69, 9.17) is 4.74 Å². The van der Waals surface area contributed by atoms with Crippen molar-refractivity contribution in [3.63, 3.8) is 0 Å². The molecule has 7 heteroatoms. The molecule has 0 aliphatic carbocycles. The minimum atomic E-state index is -0.148. The first-order valence-corrected chi connectivity index (χ1v) is 9.68. The zero-order valence-corrected chi connectivity index (χ0v) is 17.2. The predicted octanol–water partition coefficient (Wildman–Crippen LogP) is 3.27. The van der Waals surface area contributed by atoms with Crippen LogP contribution in [0.4, 0.5) is 0 Å². The number of hydrogen-bond acceptors (Lipinski definition) is 4. The van der Waals surface area contributed by atoms with Gasteiger partial charge in [-0.05, 0) is 44.7 Å². The summed E-state index contributed by atoms with van der Waals surface area (Å²) in [6, 6.07) is 9.84. The van der Waals surface area contributed by atoms with E-state index in [0.717, 1.165) is 40.3 Å². The molecule has 4 aromatic rings. The Morgan fingerprint density at radius 2 is 1.86 bits per heavy atom. The fourth-order valence-electron chi connectivity index (χ4n) is 3.73. The molecule has 150 valence electrons. The molecule has 0 bridgehead atoms. The summed E-state index contributed by atoms with van der Waals surface area (Å²) in [6.45, 7) is 6.40. The molecule has 0 radical (unpaired) electrons. The molecule has 3 heterocycles. The van der Waals surface area contributed by atoms with Crippen molar-refractivity contribution in [2.24, 2.45) is 0 Å². The van der Waals surface area contributed by atoms with Gasteiger partial charge in [0.15, 0.2) is 0 Å². The Hall–Kier alpha value is -3.19. The Balaban J connectivity index is 1.80. The number of benzene rings is 1. The van der Waals surface area contributed by atoms with E-state index in [1.807, 2.05) is 13.8 Å². The lowest BCUT2D eigenvalue weighted by Gasteiger charge is -2.06. The highest BCUT2D eigenvalue weighted by molar-refractivity contribution is 5.80. The number of nitrogens with zero attached hydrogens (tertiary/aromatic N) is 3. The van der Waals surface area contributed by atoms with Crippen molar-refractivity contribution in [2.75, 3.05) is 7.11 Å². The lowest BCUT2D eigenvalue weighted by atomic mass is 10.0. The van der Waals surface area contributed by atoms with Crippen LogP contribution in [-0.2, 0) is 24.2 Å². The van der Waals surface area contributed by atoms with Gasteiger partial charge in [-0.1, -0.05) is 29.8 Å². The van der Waals surface area contributed by atoms with Crippen molar-refractivity contribution >= 4 is 5.65 Å². The first kappa shape index (κ1) is 19.1. The van der Waals surface area contributed by atoms with Gasteiger partial charge < -0.3 is 9.72 Å². The summed E-state index contributed by atoms with van der Waals surface area (Å²) in [5.74, 6) is 0. The quantitative estimate of drug-likeness (QED) is 0.528. The minimum absolute atomic E-state index is 0.148. The highest BCUT2D eigenvalue weighted by Gasteiger charge is 2.18. The van der Waals surface area contributed by atoms with Crippen LogP contribution in [0.25, 0.3) is 16.8 Å². The molecular weight excluding hydrogens is 366 g/mol. The average molecular weight is 391 g/mol. The molecular formula is C22H25N5O2. The van der Waals surface area contributed by atoms with Crippen molar-refractivity contribution in [1.29, 1.82) is 0 Å². The van der Waals surface area contributed by atoms with Crippen LogP contribution in [0.2, 0.25) is 0 Å². The van der Waals surface area contributed by atoms with Crippen LogP contribution in [0.5, 0.6) is 0 Å². The van der Waals surface area contributed by atoms with E-state index in [2.05, 4.69) is 51.5 Å². The van der Waals surface area contributed by atoms with Gasteiger partial charge in [-0.15, -0.1) is 0 Å². The first-order valence-electron chi connectivity index (χ1n) is 9.68. The van der Waals surface area contributed by atoms with E-state index in [9.17, 15) is 4.79 Å². The summed E-state index contributed by atoms with van der Waals surface area (Å²) in [4.78, 5) is 16.2. The zero-order chi connectivity index (χ0) is 20.5. The molecule has 0 atom stereocenters. The van der Waals surface area contributed by atoms with Gasteiger partial charge >= 0.3 is 0 Å². The summed E-state index contributed by atoms with van der Waals surface area (Å²) in [6.07, 6.45) is 1.52. The van der Waals surface area contributed by atoms with Crippen LogP contribution in [0.3, 0.4) is 0 Å². The molecule has 0 amide bonds. The number of aryl methyl sites for hydroxylation is 4. The third-order valence-corrected chi connectivity index (χ3v) is 5.29. The molecule has 29 heavy (non-hydrogen) atoms. The number of nitrogens with one attached hydrogen (secondary N) is 2. The standard InChI is InChI=1S/C22H25N5O2/c1-13-5-7-16(8-6-13)21-19(12-29-4)26-27-20(28)11-17(23-22(21)27)9-10-18-14(2)24-25-15(18)3/h5-8,11,23H,9-10,12H2,1-4H3,(H,24,25). The Morgan fingerprint density at radius 1 is 1.10 bits per heavy atom. The second-order valence-electron chi connectivity index (χ2n) is 7.43. The summed E-state index contributed by atoms with van der Waals surface area (Å²) < 4.78 is 6.77. The Labute approximate surface area is 168 Å². The van der Waals surface area contributed by atoms with Crippen molar-refractivity contribution in [3.8, 4) is 11.1 Å². The van der Waals surface area contributed by atoms with Crippen LogP contribution >= 0.6 is 0 Å². The van der Waals surface area contributed by atoms with E-state index < -0.39 is 0 Å². The third-order valence-electron chi connectivity index (χ3n) is 5.29. The normalized spacial score (nSPS) is 11.4. The average Bonchev–Trinajstić information content (AvgIpc) is 3.21. The predicted molar refractivity (Wildman–Crippen MR) is 112 cm³/mol. The van der Waals surface area contributed by atoms with Gasteiger partial charge in [-0.25, -0.2) is 0 Å². The fourth-order valence-corrected chi connectivity index (χ4v) is 3.73. The molecule has 3 aromatic heterocycles. The summed E-state index contributed by atoms with van der Waals surface area (Å²) in [5, 5.41) is 11.8. The van der Waals surface area contributed by atoms with Crippen molar-refractivity contribution in [3.05, 3.63) is 74.6 Å².